The molecule has 2 aromatic rings. The molecule has 0 saturated heterocycles. The van der Waals surface area contributed by atoms with Gasteiger partial charge in [0.05, 0.1) is 34.1 Å². The Kier molecular flexibility index (Phi) is 5.52. The van der Waals surface area contributed by atoms with Crippen LogP contribution in [-0.4, -0.2) is 34.3 Å². The van der Waals surface area contributed by atoms with E-state index in [0.717, 1.165) is 5.56 Å². The Bertz CT molecular complexity index is 742. The van der Waals surface area contributed by atoms with E-state index in [-0.39, 0.29) is 5.91 Å². The quantitative estimate of drug-likeness (QED) is 0.880. The van der Waals surface area contributed by atoms with Crippen LogP contribution in [0.25, 0.3) is 0 Å². The van der Waals surface area contributed by atoms with Crippen molar-refractivity contribution in [2.24, 2.45) is 0 Å². The number of aryl methyl sites for hydroxylation is 1. The van der Waals surface area contributed by atoms with Gasteiger partial charge in [-0.3, -0.25) is 4.79 Å². The number of methoxy groups -OCH3 is 4. The van der Waals surface area contributed by atoms with Crippen LogP contribution in [-0.2, 0) is 0 Å². The highest BCUT2D eigenvalue weighted by molar-refractivity contribution is 6.06. The molecule has 0 heterocycles. The number of hydrogen-bond donors (Lipinski definition) is 1. The van der Waals surface area contributed by atoms with Gasteiger partial charge < -0.3 is 24.3 Å². The summed E-state index contributed by atoms with van der Waals surface area (Å²) in [4.78, 5) is 12.7. The van der Waals surface area contributed by atoms with E-state index in [0.29, 0.717) is 34.2 Å². The molecule has 6 heteroatoms. The van der Waals surface area contributed by atoms with Crippen molar-refractivity contribution in [2.75, 3.05) is 33.8 Å². The molecule has 0 aliphatic rings. The van der Waals surface area contributed by atoms with E-state index in [9.17, 15) is 4.79 Å². The van der Waals surface area contributed by atoms with E-state index in [4.69, 9.17) is 18.9 Å². The van der Waals surface area contributed by atoms with Gasteiger partial charge in [0.15, 0.2) is 11.5 Å². The van der Waals surface area contributed by atoms with Crippen molar-refractivity contribution in [1.82, 2.24) is 0 Å². The molecule has 6 nitrogen and oxygen atoms in total. The first-order chi connectivity index (χ1) is 11.5. The van der Waals surface area contributed by atoms with Gasteiger partial charge in [-0.15, -0.1) is 0 Å². The fraction of sp³-hybridized carbons (Fsp3) is 0.278. The lowest BCUT2D eigenvalue weighted by Crippen LogP contribution is -2.14. The van der Waals surface area contributed by atoms with Crippen LogP contribution in [0.15, 0.2) is 30.3 Å². The standard InChI is InChI=1S/C18H21NO5/c1-11-8-16(23-4)17(24-5)10-13(11)18(20)19-14-9-12(21-2)6-7-15(14)22-3/h6-10H,1-5H3,(H,19,20). The van der Waals surface area contributed by atoms with Crippen LogP contribution < -0.4 is 24.3 Å². The molecule has 2 rings (SSSR count). The lowest BCUT2D eigenvalue weighted by molar-refractivity contribution is 0.102. The van der Waals surface area contributed by atoms with Gasteiger partial charge in [0.1, 0.15) is 11.5 Å². The largest absolute Gasteiger partial charge is 0.497 e. The SMILES string of the molecule is COc1ccc(OC)c(NC(=O)c2cc(OC)c(OC)cc2C)c1. The Hall–Kier alpha value is -2.89. The maximum Gasteiger partial charge on any atom is 0.256 e. The summed E-state index contributed by atoms with van der Waals surface area (Å²) in [6.07, 6.45) is 0. The number of benzene rings is 2. The average Bonchev–Trinajstić information content (AvgIpc) is 2.61. The van der Waals surface area contributed by atoms with Crippen LogP contribution in [0, 0.1) is 6.92 Å². The van der Waals surface area contributed by atoms with Crippen molar-refractivity contribution < 1.29 is 23.7 Å². The average molecular weight is 331 g/mol. The van der Waals surface area contributed by atoms with E-state index in [1.807, 2.05) is 6.92 Å². The molecule has 0 radical (unpaired) electrons. The van der Waals surface area contributed by atoms with E-state index >= 15 is 0 Å². The van der Waals surface area contributed by atoms with Gasteiger partial charge in [0.2, 0.25) is 0 Å². The Labute approximate surface area is 141 Å². The zero-order chi connectivity index (χ0) is 17.7. The molecule has 0 aliphatic carbocycles. The third kappa shape index (κ3) is 3.53. The van der Waals surface area contributed by atoms with Crippen molar-refractivity contribution in [1.29, 1.82) is 0 Å². The minimum absolute atomic E-state index is 0.278. The molecule has 0 saturated carbocycles. The first-order valence-electron chi connectivity index (χ1n) is 7.30. The first-order valence-corrected chi connectivity index (χ1v) is 7.30. The fourth-order valence-electron chi connectivity index (χ4n) is 2.33. The Morgan fingerprint density at radius 3 is 2.04 bits per heavy atom. The molecule has 2 aromatic carbocycles. The van der Waals surface area contributed by atoms with Gasteiger partial charge in [-0.1, -0.05) is 0 Å². The number of nitrogens with one attached hydrogen (secondary N) is 1. The molecular formula is C18H21NO5. The van der Waals surface area contributed by atoms with Crippen LogP contribution in [0.4, 0.5) is 5.69 Å². The minimum Gasteiger partial charge on any atom is -0.497 e. The smallest absolute Gasteiger partial charge is 0.256 e. The second kappa shape index (κ2) is 7.59. The number of hydrogen-bond acceptors (Lipinski definition) is 5. The molecule has 0 atom stereocenters. The summed E-state index contributed by atoms with van der Waals surface area (Å²) in [5, 5.41) is 2.84. The van der Waals surface area contributed by atoms with Crippen molar-refractivity contribution >= 4 is 11.6 Å². The zero-order valence-electron chi connectivity index (χ0n) is 14.4. The second-order valence-corrected chi connectivity index (χ2v) is 5.04. The molecule has 0 aromatic heterocycles. The van der Waals surface area contributed by atoms with Crippen LogP contribution in [0.1, 0.15) is 15.9 Å². The molecule has 1 amide bonds. The number of rotatable bonds is 6. The van der Waals surface area contributed by atoms with Gasteiger partial charge in [0, 0.05) is 11.6 Å². The molecule has 0 aliphatic heterocycles. The van der Waals surface area contributed by atoms with Gasteiger partial charge >= 0.3 is 0 Å². The van der Waals surface area contributed by atoms with Crippen LogP contribution in [0.3, 0.4) is 0 Å². The van der Waals surface area contributed by atoms with E-state index in [1.54, 1.807) is 51.7 Å². The third-order valence-corrected chi connectivity index (χ3v) is 3.63. The summed E-state index contributed by atoms with van der Waals surface area (Å²) < 4.78 is 21.0. The minimum atomic E-state index is -0.278. The topological polar surface area (TPSA) is 66.0 Å². The van der Waals surface area contributed by atoms with Crippen molar-refractivity contribution in [2.45, 2.75) is 6.92 Å². The maximum atomic E-state index is 12.7. The fourth-order valence-corrected chi connectivity index (χ4v) is 2.33. The van der Waals surface area contributed by atoms with Gasteiger partial charge in [-0.25, -0.2) is 0 Å². The van der Waals surface area contributed by atoms with Gasteiger partial charge in [-0.2, -0.15) is 0 Å². The summed E-state index contributed by atoms with van der Waals surface area (Å²) in [7, 11) is 6.18. The second-order valence-electron chi connectivity index (χ2n) is 5.04. The molecule has 1 N–H and O–H groups in total. The lowest BCUT2D eigenvalue weighted by atomic mass is 10.1. The monoisotopic (exact) mass is 331 g/mol. The number of anilines is 1. The normalized spacial score (nSPS) is 10.0. The molecular weight excluding hydrogens is 310 g/mol. The molecule has 0 fully saturated rings. The van der Waals surface area contributed by atoms with Crippen LogP contribution in [0.5, 0.6) is 23.0 Å². The summed E-state index contributed by atoms with van der Waals surface area (Å²) in [6, 6.07) is 8.60. The Balaban J connectivity index is 2.37. The molecule has 24 heavy (non-hydrogen) atoms. The van der Waals surface area contributed by atoms with Gasteiger partial charge in [-0.05, 0) is 36.8 Å². The van der Waals surface area contributed by atoms with Crippen molar-refractivity contribution in [3.63, 3.8) is 0 Å². The van der Waals surface area contributed by atoms with E-state index in [1.165, 1.54) is 7.11 Å². The van der Waals surface area contributed by atoms with E-state index < -0.39 is 0 Å². The third-order valence-electron chi connectivity index (χ3n) is 3.63. The number of ether oxygens (including phenoxy) is 4. The molecule has 0 unspecified atom stereocenters. The number of carbonyl (C=O) groups is 1. The summed E-state index contributed by atoms with van der Waals surface area (Å²) in [5.41, 5.74) is 1.78. The predicted octanol–water partition coefficient (Wildman–Crippen LogP) is 3.28. The number of carbonyl (C=O) groups excluding carboxylic acids is 1. The highest BCUT2D eigenvalue weighted by Gasteiger charge is 2.16. The van der Waals surface area contributed by atoms with Gasteiger partial charge in [0.25, 0.3) is 5.91 Å². The van der Waals surface area contributed by atoms with Crippen LogP contribution >= 0.6 is 0 Å². The van der Waals surface area contributed by atoms with E-state index in [2.05, 4.69) is 5.32 Å². The summed E-state index contributed by atoms with van der Waals surface area (Å²) in [6.45, 7) is 1.83. The zero-order valence-corrected chi connectivity index (χ0v) is 14.4. The highest BCUT2D eigenvalue weighted by Crippen LogP contribution is 2.32. The lowest BCUT2D eigenvalue weighted by Gasteiger charge is -2.15. The Morgan fingerprint density at radius 1 is 0.833 bits per heavy atom. The summed E-state index contributed by atoms with van der Waals surface area (Å²) >= 11 is 0. The molecule has 128 valence electrons. The molecule has 0 spiro atoms. The van der Waals surface area contributed by atoms with Crippen LogP contribution in [0.2, 0.25) is 0 Å². The van der Waals surface area contributed by atoms with Crippen molar-refractivity contribution in [3.05, 3.63) is 41.5 Å². The molecule has 0 bridgehead atoms. The number of amides is 1. The first kappa shape index (κ1) is 17.5. The van der Waals surface area contributed by atoms with Crippen molar-refractivity contribution in [3.8, 4) is 23.0 Å². The predicted molar refractivity (Wildman–Crippen MR) is 91.8 cm³/mol. The highest BCUT2D eigenvalue weighted by atomic mass is 16.5. The Morgan fingerprint density at radius 2 is 1.46 bits per heavy atom. The summed E-state index contributed by atoms with van der Waals surface area (Å²) in [5.74, 6) is 1.95. The maximum absolute atomic E-state index is 12.7.